The summed E-state index contributed by atoms with van der Waals surface area (Å²) in [4.78, 5) is 0. The van der Waals surface area contributed by atoms with Gasteiger partial charge >= 0.3 is 6.18 Å². The van der Waals surface area contributed by atoms with E-state index >= 15 is 0 Å². The molecule has 0 spiro atoms. The fraction of sp³-hybridized carbons (Fsp3) is 0.100. The zero-order chi connectivity index (χ0) is 14.8. The Morgan fingerprint density at radius 3 is 2.11 bits per heavy atom. The average molecular weight is 334 g/mol. The number of halogens is 6. The summed E-state index contributed by atoms with van der Waals surface area (Å²) in [6.07, 6.45) is -3.89. The number of hydrogen-bond donors (Lipinski definition) is 2. The molecular formula is C10H6Cl3F3N2O. The quantitative estimate of drug-likeness (QED) is 0.636. The summed E-state index contributed by atoms with van der Waals surface area (Å²) in [5.41, 5.74) is 4.34. The topological polar surface area (TPSA) is 59.1 Å². The Morgan fingerprint density at radius 2 is 1.74 bits per heavy atom. The van der Waals surface area contributed by atoms with Gasteiger partial charge in [-0.15, -0.1) is 0 Å². The van der Waals surface area contributed by atoms with E-state index in [4.69, 9.17) is 50.7 Å². The summed E-state index contributed by atoms with van der Waals surface area (Å²) in [5, 5.41) is 5.84. The molecule has 3 N–H and O–H groups in total. The number of hydrogen-bond acceptors (Lipinski definition) is 3. The third-order valence-electron chi connectivity index (χ3n) is 1.90. The van der Waals surface area contributed by atoms with Gasteiger partial charge in [-0.3, -0.25) is 0 Å². The number of alkyl halides is 3. The van der Waals surface area contributed by atoms with Gasteiger partial charge in [-0.25, -0.2) is 0 Å². The van der Waals surface area contributed by atoms with E-state index < -0.39 is 17.6 Å². The van der Waals surface area contributed by atoms with Gasteiger partial charge < -0.3 is 15.9 Å². The maximum Gasteiger partial charge on any atom is 0.416 e. The van der Waals surface area contributed by atoms with E-state index in [-0.39, 0.29) is 20.8 Å². The smallest absolute Gasteiger partial charge is 0.416 e. The molecule has 0 bridgehead atoms. The number of benzene rings is 1. The van der Waals surface area contributed by atoms with Gasteiger partial charge in [0.2, 0.25) is 5.88 Å². The molecule has 0 saturated carbocycles. The molecule has 0 radical (unpaired) electrons. The van der Waals surface area contributed by atoms with Crippen LogP contribution in [0.3, 0.4) is 0 Å². The van der Waals surface area contributed by atoms with Crippen molar-refractivity contribution in [2.75, 3.05) is 0 Å². The van der Waals surface area contributed by atoms with Gasteiger partial charge in [0, 0.05) is 6.21 Å². The van der Waals surface area contributed by atoms with Crippen molar-refractivity contribution in [2.45, 2.75) is 6.18 Å². The summed E-state index contributed by atoms with van der Waals surface area (Å²) >= 11 is 16.8. The average Bonchev–Trinajstić information content (AvgIpc) is 2.30. The Labute approximate surface area is 121 Å². The SMILES string of the molecule is N=CC(Cl)=C(N)Oc1c(Cl)cc(C(F)(F)F)cc1Cl. The highest BCUT2D eigenvalue weighted by atomic mass is 35.5. The number of nitrogens with two attached hydrogens (primary N) is 1. The van der Waals surface area contributed by atoms with E-state index in [2.05, 4.69) is 0 Å². The molecule has 1 aromatic carbocycles. The fourth-order valence-corrected chi connectivity index (χ4v) is 1.65. The van der Waals surface area contributed by atoms with Crippen LogP contribution in [-0.4, -0.2) is 6.21 Å². The first-order chi connectivity index (χ1) is 8.66. The summed E-state index contributed by atoms with van der Waals surface area (Å²) in [6.45, 7) is 0. The summed E-state index contributed by atoms with van der Waals surface area (Å²) in [6, 6.07) is 1.29. The first kappa shape index (κ1) is 15.9. The van der Waals surface area contributed by atoms with Crippen molar-refractivity contribution in [3.63, 3.8) is 0 Å². The lowest BCUT2D eigenvalue weighted by Crippen LogP contribution is -2.10. The van der Waals surface area contributed by atoms with Crippen molar-refractivity contribution in [2.24, 2.45) is 5.73 Å². The second-order valence-corrected chi connectivity index (χ2v) is 4.45. The van der Waals surface area contributed by atoms with E-state index in [1.165, 1.54) is 0 Å². The van der Waals surface area contributed by atoms with Crippen molar-refractivity contribution >= 4 is 41.0 Å². The molecule has 0 aromatic heterocycles. The molecule has 104 valence electrons. The molecule has 9 heteroatoms. The largest absolute Gasteiger partial charge is 0.437 e. The molecule has 0 atom stereocenters. The van der Waals surface area contributed by atoms with E-state index in [9.17, 15) is 13.2 Å². The number of allylic oxidation sites excluding steroid dienone is 1. The van der Waals surface area contributed by atoms with Crippen molar-refractivity contribution in [1.29, 1.82) is 5.41 Å². The van der Waals surface area contributed by atoms with Gasteiger partial charge in [0.1, 0.15) is 5.03 Å². The second kappa shape index (κ2) is 5.90. The zero-order valence-electron chi connectivity index (χ0n) is 8.99. The molecule has 0 aliphatic rings. The van der Waals surface area contributed by atoms with Crippen molar-refractivity contribution < 1.29 is 17.9 Å². The van der Waals surface area contributed by atoms with E-state index in [1.54, 1.807) is 0 Å². The Morgan fingerprint density at radius 1 is 1.26 bits per heavy atom. The van der Waals surface area contributed by atoms with Crippen LogP contribution in [0.4, 0.5) is 13.2 Å². The van der Waals surface area contributed by atoms with Gasteiger partial charge in [0.05, 0.1) is 15.6 Å². The predicted molar refractivity (Wildman–Crippen MR) is 67.9 cm³/mol. The highest BCUT2D eigenvalue weighted by molar-refractivity contribution is 6.39. The first-order valence-electron chi connectivity index (χ1n) is 4.56. The van der Waals surface area contributed by atoms with Crippen LogP contribution >= 0.6 is 34.8 Å². The molecule has 3 nitrogen and oxygen atoms in total. The Bertz CT molecular complexity index is 520. The van der Waals surface area contributed by atoms with Crippen molar-refractivity contribution in [3.05, 3.63) is 38.7 Å². The molecular weight excluding hydrogens is 327 g/mol. The molecule has 0 amide bonds. The Balaban J connectivity index is 3.22. The second-order valence-electron chi connectivity index (χ2n) is 3.23. The van der Waals surface area contributed by atoms with Gasteiger partial charge in [0.25, 0.3) is 0 Å². The molecule has 19 heavy (non-hydrogen) atoms. The molecule has 0 saturated heterocycles. The van der Waals surface area contributed by atoms with Crippen LogP contribution in [0, 0.1) is 5.41 Å². The van der Waals surface area contributed by atoms with Crippen LogP contribution in [-0.2, 0) is 6.18 Å². The van der Waals surface area contributed by atoms with Crippen LogP contribution in [0.2, 0.25) is 10.0 Å². The molecule has 1 rings (SSSR count). The van der Waals surface area contributed by atoms with Crippen LogP contribution in [0.15, 0.2) is 23.0 Å². The monoisotopic (exact) mass is 332 g/mol. The lowest BCUT2D eigenvalue weighted by Gasteiger charge is -2.13. The van der Waals surface area contributed by atoms with Gasteiger partial charge in [-0.2, -0.15) is 13.2 Å². The molecule has 0 heterocycles. The summed E-state index contributed by atoms with van der Waals surface area (Å²) in [5.74, 6) is -0.672. The highest BCUT2D eigenvalue weighted by Crippen LogP contribution is 2.40. The number of ether oxygens (including phenoxy) is 1. The van der Waals surface area contributed by atoms with Crippen molar-refractivity contribution in [1.82, 2.24) is 0 Å². The molecule has 0 unspecified atom stereocenters. The number of rotatable bonds is 3. The highest BCUT2D eigenvalue weighted by Gasteiger charge is 2.32. The maximum absolute atomic E-state index is 12.5. The standard InChI is InChI=1S/C10H6Cl3F3N2O/c11-5-1-4(10(14,15)16)2-6(12)8(5)19-9(18)7(13)3-17/h1-3,17H,18H2. The molecule has 1 aromatic rings. The van der Waals surface area contributed by atoms with Gasteiger partial charge in [-0.1, -0.05) is 34.8 Å². The van der Waals surface area contributed by atoms with Crippen LogP contribution in [0.25, 0.3) is 0 Å². The summed E-state index contributed by atoms with van der Waals surface area (Å²) < 4.78 is 42.4. The van der Waals surface area contributed by atoms with E-state index in [1.807, 2.05) is 0 Å². The molecule has 0 aliphatic carbocycles. The lowest BCUT2D eigenvalue weighted by atomic mass is 10.2. The minimum absolute atomic E-state index is 0.243. The van der Waals surface area contributed by atoms with Crippen LogP contribution in [0.5, 0.6) is 5.75 Å². The molecule has 0 aliphatic heterocycles. The minimum atomic E-state index is -4.58. The van der Waals surface area contributed by atoms with Crippen LogP contribution < -0.4 is 10.5 Å². The lowest BCUT2D eigenvalue weighted by molar-refractivity contribution is -0.137. The normalized spacial score (nSPS) is 12.9. The van der Waals surface area contributed by atoms with Crippen molar-refractivity contribution in [3.8, 4) is 5.75 Å². The third-order valence-corrected chi connectivity index (χ3v) is 2.76. The number of nitrogens with one attached hydrogen (secondary N) is 1. The van der Waals surface area contributed by atoms with Gasteiger partial charge in [0.15, 0.2) is 5.75 Å². The molecule has 0 fully saturated rings. The Hall–Kier alpha value is -1.11. The zero-order valence-corrected chi connectivity index (χ0v) is 11.3. The van der Waals surface area contributed by atoms with Crippen LogP contribution in [0.1, 0.15) is 5.56 Å². The predicted octanol–water partition coefficient (Wildman–Crippen LogP) is 4.41. The third kappa shape index (κ3) is 3.92. The van der Waals surface area contributed by atoms with E-state index in [0.717, 1.165) is 0 Å². The Kier molecular flexibility index (Phi) is 4.95. The summed E-state index contributed by atoms with van der Waals surface area (Å²) in [7, 11) is 0. The maximum atomic E-state index is 12.5. The first-order valence-corrected chi connectivity index (χ1v) is 5.70. The van der Waals surface area contributed by atoms with E-state index in [0.29, 0.717) is 18.3 Å². The van der Waals surface area contributed by atoms with Gasteiger partial charge in [-0.05, 0) is 12.1 Å². The minimum Gasteiger partial charge on any atom is -0.437 e. The fourth-order valence-electron chi connectivity index (χ4n) is 1.05.